The molecule has 1 heterocycles. The minimum Gasteiger partial charge on any atom is -0.393 e. The number of amides is 1. The van der Waals surface area contributed by atoms with E-state index in [9.17, 15) is 18.3 Å². The molecule has 7 atom stereocenters. The number of carbonyl (C=O) groups excluding carboxylic acids is 1. The van der Waals surface area contributed by atoms with Crippen molar-refractivity contribution in [2.75, 3.05) is 37.7 Å². The van der Waals surface area contributed by atoms with Crippen LogP contribution in [-0.4, -0.2) is 68.1 Å². The smallest absolute Gasteiger partial charge is 0.230 e. The maximum absolute atomic E-state index is 14.3. The van der Waals surface area contributed by atoms with Gasteiger partial charge in [0.05, 0.1) is 23.0 Å². The highest BCUT2D eigenvalue weighted by Crippen LogP contribution is 2.75. The summed E-state index contributed by atoms with van der Waals surface area (Å²) in [6.07, 6.45) is 11.7. The maximum atomic E-state index is 14.3. The Hall–Kier alpha value is -0.920. The first-order valence-corrected chi connectivity index (χ1v) is 19.3. The Morgan fingerprint density at radius 2 is 1.53 bits per heavy atom. The molecule has 1 amide bonds. The highest BCUT2D eigenvalue weighted by Gasteiger charge is 2.68. The van der Waals surface area contributed by atoms with E-state index in [1.807, 2.05) is 0 Å². The van der Waals surface area contributed by atoms with Gasteiger partial charge in [-0.15, -0.1) is 0 Å². The van der Waals surface area contributed by atoms with Crippen molar-refractivity contribution in [3.05, 3.63) is 11.1 Å². The summed E-state index contributed by atoms with van der Waals surface area (Å²) in [5.41, 5.74) is 3.46. The van der Waals surface area contributed by atoms with E-state index < -0.39 is 15.3 Å². The molecule has 0 bridgehead atoms. The van der Waals surface area contributed by atoms with Crippen molar-refractivity contribution in [2.45, 2.75) is 125 Å². The van der Waals surface area contributed by atoms with Crippen molar-refractivity contribution in [1.82, 2.24) is 10.2 Å². The molecule has 0 unspecified atom stereocenters. The van der Waals surface area contributed by atoms with E-state index >= 15 is 0 Å². The van der Waals surface area contributed by atoms with E-state index in [0.717, 1.165) is 57.9 Å². The molecule has 5 aliphatic carbocycles. The Balaban J connectivity index is 1.29. The molecule has 5 fully saturated rings. The van der Waals surface area contributed by atoms with Crippen LogP contribution in [0.15, 0.2) is 11.1 Å². The molecule has 0 aromatic carbocycles. The Kier molecular flexibility index (Phi) is 7.67. The van der Waals surface area contributed by atoms with Gasteiger partial charge in [-0.25, -0.2) is 8.42 Å². The van der Waals surface area contributed by atoms with E-state index in [1.54, 1.807) is 5.57 Å². The molecule has 1 saturated heterocycles. The third kappa shape index (κ3) is 4.82. The molecule has 6 nitrogen and oxygen atoms in total. The average Bonchev–Trinajstić information content (AvgIpc) is 2.92. The zero-order valence-corrected chi connectivity index (χ0v) is 29.1. The number of carbonyl (C=O) groups is 1. The molecule has 0 spiro atoms. The highest BCUT2D eigenvalue weighted by molar-refractivity contribution is 7.91. The Bertz CT molecular complexity index is 1270. The number of rotatable bonds is 4. The number of aliphatic hydroxyl groups is 1. The number of hydrogen-bond acceptors (Lipinski definition) is 5. The van der Waals surface area contributed by atoms with E-state index in [-0.39, 0.29) is 50.6 Å². The molecule has 6 aliphatic rings. The quantitative estimate of drug-likeness (QED) is 0.371. The Morgan fingerprint density at radius 3 is 2.23 bits per heavy atom. The van der Waals surface area contributed by atoms with Crippen molar-refractivity contribution >= 4 is 15.7 Å². The van der Waals surface area contributed by atoms with Crippen molar-refractivity contribution in [3.8, 4) is 0 Å². The van der Waals surface area contributed by atoms with Crippen LogP contribution in [0.25, 0.3) is 0 Å². The zero-order chi connectivity index (χ0) is 31.3. The second-order valence-electron chi connectivity index (χ2n) is 17.9. The molecule has 2 N–H and O–H groups in total. The second kappa shape index (κ2) is 10.3. The number of nitrogens with zero attached hydrogens (tertiary/aromatic N) is 1. The summed E-state index contributed by atoms with van der Waals surface area (Å²) in [5.74, 6) is 1.88. The van der Waals surface area contributed by atoms with Crippen LogP contribution in [0.3, 0.4) is 0 Å². The summed E-state index contributed by atoms with van der Waals surface area (Å²) in [6.45, 7) is 19.7. The monoisotopic (exact) mass is 616 g/mol. The fourth-order valence-electron chi connectivity index (χ4n) is 12.1. The van der Waals surface area contributed by atoms with Crippen LogP contribution in [0, 0.1) is 44.3 Å². The van der Waals surface area contributed by atoms with Crippen molar-refractivity contribution in [3.63, 3.8) is 0 Å². The fraction of sp³-hybridized carbons (Fsp3) is 0.917. The van der Waals surface area contributed by atoms with Crippen LogP contribution in [0.1, 0.15) is 119 Å². The predicted molar refractivity (Wildman–Crippen MR) is 173 cm³/mol. The third-order valence-corrected chi connectivity index (χ3v) is 16.7. The Labute approximate surface area is 262 Å². The normalized spacial score (nSPS) is 45.3. The molecular weight excluding hydrogens is 556 g/mol. The van der Waals surface area contributed by atoms with Crippen LogP contribution in [-0.2, 0) is 14.6 Å². The molecule has 6 rings (SSSR count). The third-order valence-electron chi connectivity index (χ3n) is 15.1. The molecular formula is C36H60N2O4S. The predicted octanol–water partition coefficient (Wildman–Crippen LogP) is 6.14. The summed E-state index contributed by atoms with van der Waals surface area (Å²) < 4.78 is 23.7. The lowest BCUT2D eigenvalue weighted by atomic mass is 9.34. The molecule has 0 aromatic rings. The fourth-order valence-corrected chi connectivity index (χ4v) is 13.4. The van der Waals surface area contributed by atoms with Gasteiger partial charge in [-0.1, -0.05) is 59.6 Å². The first-order chi connectivity index (χ1) is 19.9. The van der Waals surface area contributed by atoms with Gasteiger partial charge in [0.25, 0.3) is 0 Å². The largest absolute Gasteiger partial charge is 0.393 e. The van der Waals surface area contributed by atoms with Crippen molar-refractivity contribution < 1.29 is 18.3 Å². The van der Waals surface area contributed by atoms with E-state index in [0.29, 0.717) is 31.5 Å². The SMILES string of the molecule is CC1(C)CC[C@]2(C(=O)NCCN3CCS(=O)(=O)CC3)CC[C@]3(C)C(=C2C1)CC[C@@H]1[C@@]2(C)CC[C@H](O)C(C)(C)[C@@H]2CC[C@]13C. The first kappa shape index (κ1) is 32.0. The van der Waals surface area contributed by atoms with Gasteiger partial charge >= 0.3 is 0 Å². The van der Waals surface area contributed by atoms with Crippen LogP contribution in [0.2, 0.25) is 0 Å². The molecule has 43 heavy (non-hydrogen) atoms. The van der Waals surface area contributed by atoms with Crippen LogP contribution in [0.5, 0.6) is 0 Å². The number of hydrogen-bond donors (Lipinski definition) is 2. The van der Waals surface area contributed by atoms with E-state index in [4.69, 9.17) is 0 Å². The lowest BCUT2D eigenvalue weighted by molar-refractivity contribution is -0.204. The topological polar surface area (TPSA) is 86.7 Å². The van der Waals surface area contributed by atoms with Gasteiger partial charge in [0.2, 0.25) is 5.91 Å². The average molecular weight is 617 g/mol. The number of aliphatic hydroxyl groups excluding tert-OH is 1. The number of allylic oxidation sites excluding steroid dienone is 1. The van der Waals surface area contributed by atoms with Gasteiger partial charge in [0.15, 0.2) is 9.84 Å². The van der Waals surface area contributed by atoms with E-state index in [2.05, 4.69) is 58.7 Å². The minimum absolute atomic E-state index is 0.0381. The summed E-state index contributed by atoms with van der Waals surface area (Å²) >= 11 is 0. The van der Waals surface area contributed by atoms with Gasteiger partial charge in [-0.2, -0.15) is 0 Å². The standard InChI is InChI=1S/C36H60N2O4S/c1-31(2)14-16-36(30(40)37-18-19-38-20-22-43(41,42)23-21-38)17-15-34(6)25(26(36)24-31)8-9-28-33(5)12-11-29(39)32(3,4)27(33)10-13-35(28,34)7/h27-29,39H,8-24H2,1-7H3,(H,37,40)/t27-,28+,29-,33-,34+,35+,36-/m0/s1. The Morgan fingerprint density at radius 1 is 0.860 bits per heavy atom. The molecule has 4 saturated carbocycles. The zero-order valence-electron chi connectivity index (χ0n) is 28.3. The second-order valence-corrected chi connectivity index (χ2v) is 20.2. The van der Waals surface area contributed by atoms with Gasteiger partial charge in [0, 0.05) is 26.2 Å². The van der Waals surface area contributed by atoms with Gasteiger partial charge < -0.3 is 10.4 Å². The van der Waals surface area contributed by atoms with Crippen LogP contribution < -0.4 is 5.32 Å². The number of nitrogens with one attached hydrogen (secondary N) is 1. The highest BCUT2D eigenvalue weighted by atomic mass is 32.2. The molecule has 244 valence electrons. The minimum atomic E-state index is -2.90. The summed E-state index contributed by atoms with van der Waals surface area (Å²) in [7, 11) is -2.90. The summed E-state index contributed by atoms with van der Waals surface area (Å²) in [5, 5.41) is 14.4. The molecule has 0 radical (unpaired) electrons. The van der Waals surface area contributed by atoms with Crippen molar-refractivity contribution in [2.24, 2.45) is 44.3 Å². The summed E-state index contributed by atoms with van der Waals surface area (Å²) in [6, 6.07) is 0. The molecule has 7 heteroatoms. The number of sulfone groups is 1. The lowest BCUT2D eigenvalue weighted by Crippen LogP contribution is -2.64. The number of fused-ring (bicyclic) bond motifs is 6. The van der Waals surface area contributed by atoms with Crippen molar-refractivity contribution in [1.29, 1.82) is 0 Å². The van der Waals surface area contributed by atoms with E-state index in [1.165, 1.54) is 24.8 Å². The molecule has 0 aromatic heterocycles. The molecule has 1 aliphatic heterocycles. The lowest BCUT2D eigenvalue weighted by Gasteiger charge is -2.71. The first-order valence-electron chi connectivity index (χ1n) is 17.5. The van der Waals surface area contributed by atoms with Gasteiger partial charge in [0.1, 0.15) is 0 Å². The van der Waals surface area contributed by atoms with Gasteiger partial charge in [-0.05, 0) is 110 Å². The maximum Gasteiger partial charge on any atom is 0.230 e. The van der Waals surface area contributed by atoms with Crippen LogP contribution in [0.4, 0.5) is 0 Å². The van der Waals surface area contributed by atoms with Crippen LogP contribution >= 0.6 is 0 Å². The van der Waals surface area contributed by atoms with Gasteiger partial charge in [-0.3, -0.25) is 9.69 Å². The summed E-state index contributed by atoms with van der Waals surface area (Å²) in [4.78, 5) is 16.5.